The topological polar surface area (TPSA) is 30.2 Å². The highest BCUT2D eigenvalue weighted by Crippen LogP contribution is 2.43. The fourth-order valence-electron chi connectivity index (χ4n) is 1.60. The van der Waals surface area contributed by atoms with Crippen molar-refractivity contribution in [2.45, 2.75) is 6.18 Å². The van der Waals surface area contributed by atoms with Crippen molar-refractivity contribution in [3.63, 3.8) is 0 Å². The first-order valence-corrected chi connectivity index (χ1v) is 6.11. The van der Waals surface area contributed by atoms with Gasteiger partial charge >= 0.3 is 6.18 Å². The Morgan fingerprint density at radius 2 is 1.95 bits per heavy atom. The lowest BCUT2D eigenvalue weighted by atomic mass is 10.1. The molecule has 0 N–H and O–H groups in total. The summed E-state index contributed by atoms with van der Waals surface area (Å²) in [6.45, 7) is 0. The van der Waals surface area contributed by atoms with Crippen LogP contribution in [0.25, 0.3) is 11.3 Å². The average Bonchev–Trinajstić information content (AvgIpc) is 2.75. The van der Waals surface area contributed by atoms with Crippen LogP contribution in [0.2, 0.25) is 5.02 Å². The summed E-state index contributed by atoms with van der Waals surface area (Å²) in [4.78, 5) is 10.5. The van der Waals surface area contributed by atoms with E-state index in [1.54, 1.807) is 0 Å². The molecule has 19 heavy (non-hydrogen) atoms. The predicted octanol–water partition coefficient (Wildman–Crippen LogP) is 5.19. The summed E-state index contributed by atoms with van der Waals surface area (Å²) in [5, 5.41) is -0.0508. The standard InChI is InChI=1S/C12H5BrClF3O2/c13-9-4-6(14)3-8(12(15,16)17)11(9)10-2-1-7(5-18)19-10/h1-5H. The molecule has 0 saturated heterocycles. The highest BCUT2D eigenvalue weighted by molar-refractivity contribution is 9.10. The maximum Gasteiger partial charge on any atom is 0.417 e. The van der Waals surface area contributed by atoms with Crippen molar-refractivity contribution in [1.82, 2.24) is 0 Å². The van der Waals surface area contributed by atoms with E-state index >= 15 is 0 Å². The van der Waals surface area contributed by atoms with Crippen molar-refractivity contribution in [3.8, 4) is 11.3 Å². The van der Waals surface area contributed by atoms with E-state index in [9.17, 15) is 18.0 Å². The van der Waals surface area contributed by atoms with Gasteiger partial charge in [0.05, 0.1) is 5.56 Å². The second kappa shape index (κ2) is 5.02. The first kappa shape index (κ1) is 14.1. The number of carbonyl (C=O) groups excluding carboxylic acids is 1. The van der Waals surface area contributed by atoms with Gasteiger partial charge in [-0.05, 0) is 40.2 Å². The quantitative estimate of drug-likeness (QED) is 0.695. The Kier molecular flexibility index (Phi) is 3.73. The van der Waals surface area contributed by atoms with Crippen LogP contribution in [0.15, 0.2) is 33.2 Å². The second-order valence-electron chi connectivity index (χ2n) is 3.63. The van der Waals surface area contributed by atoms with Crippen molar-refractivity contribution in [3.05, 3.63) is 45.1 Å². The molecular formula is C12H5BrClF3O2. The zero-order valence-electron chi connectivity index (χ0n) is 9.09. The molecule has 0 fully saturated rings. The van der Waals surface area contributed by atoms with E-state index in [2.05, 4.69) is 15.9 Å². The first-order chi connectivity index (χ1) is 8.82. The van der Waals surface area contributed by atoms with Gasteiger partial charge in [-0.1, -0.05) is 11.6 Å². The molecule has 2 nitrogen and oxygen atoms in total. The number of benzene rings is 1. The van der Waals surface area contributed by atoms with Crippen LogP contribution >= 0.6 is 27.5 Å². The Balaban J connectivity index is 2.71. The van der Waals surface area contributed by atoms with Gasteiger partial charge in [0.25, 0.3) is 0 Å². The SMILES string of the molecule is O=Cc1ccc(-c2c(Br)cc(Cl)cc2C(F)(F)F)o1. The number of rotatable bonds is 2. The summed E-state index contributed by atoms with van der Waals surface area (Å²) in [7, 11) is 0. The molecule has 1 heterocycles. The lowest BCUT2D eigenvalue weighted by Crippen LogP contribution is -2.07. The van der Waals surface area contributed by atoms with Gasteiger partial charge in [0, 0.05) is 15.1 Å². The minimum absolute atomic E-state index is 0.0508. The molecule has 0 saturated carbocycles. The molecular weight excluding hydrogens is 348 g/mol. The molecule has 1 aromatic carbocycles. The summed E-state index contributed by atoms with van der Waals surface area (Å²) in [5.41, 5.74) is -1.12. The third-order valence-electron chi connectivity index (χ3n) is 2.35. The zero-order valence-corrected chi connectivity index (χ0v) is 11.4. The van der Waals surface area contributed by atoms with E-state index in [0.29, 0.717) is 6.29 Å². The van der Waals surface area contributed by atoms with Gasteiger partial charge in [-0.3, -0.25) is 4.79 Å². The van der Waals surface area contributed by atoms with Crippen molar-refractivity contribution in [1.29, 1.82) is 0 Å². The number of halogens is 5. The molecule has 0 unspecified atom stereocenters. The van der Waals surface area contributed by atoms with E-state index in [0.717, 1.165) is 6.07 Å². The molecule has 2 aromatic rings. The predicted molar refractivity (Wildman–Crippen MR) is 67.2 cm³/mol. The number of alkyl halides is 3. The number of carbonyl (C=O) groups is 1. The van der Waals surface area contributed by atoms with Crippen LogP contribution in [0.4, 0.5) is 13.2 Å². The van der Waals surface area contributed by atoms with Crippen LogP contribution in [0.5, 0.6) is 0 Å². The Hall–Kier alpha value is -1.27. The minimum Gasteiger partial charge on any atom is -0.453 e. The highest BCUT2D eigenvalue weighted by Gasteiger charge is 2.36. The maximum atomic E-state index is 13.0. The lowest BCUT2D eigenvalue weighted by Gasteiger charge is -2.13. The minimum atomic E-state index is -4.59. The molecule has 7 heteroatoms. The van der Waals surface area contributed by atoms with Crippen molar-refractivity contribution < 1.29 is 22.4 Å². The maximum absolute atomic E-state index is 13.0. The van der Waals surface area contributed by atoms with Gasteiger partial charge in [0.1, 0.15) is 5.76 Å². The summed E-state index contributed by atoms with van der Waals surface area (Å²) >= 11 is 8.66. The Labute approximate surface area is 119 Å². The Bertz CT molecular complexity index is 634. The Morgan fingerprint density at radius 3 is 2.47 bits per heavy atom. The van der Waals surface area contributed by atoms with Crippen molar-refractivity contribution in [2.24, 2.45) is 0 Å². The van der Waals surface area contributed by atoms with Gasteiger partial charge < -0.3 is 4.42 Å². The molecule has 0 spiro atoms. The van der Waals surface area contributed by atoms with Crippen LogP contribution in [-0.4, -0.2) is 6.29 Å². The molecule has 0 radical (unpaired) electrons. The summed E-state index contributed by atoms with van der Waals surface area (Å²) in [6.07, 6.45) is -4.17. The summed E-state index contributed by atoms with van der Waals surface area (Å²) in [6, 6.07) is 4.73. The number of hydrogen-bond acceptors (Lipinski definition) is 2. The molecule has 0 aliphatic carbocycles. The fourth-order valence-corrected chi connectivity index (χ4v) is 2.60. The van der Waals surface area contributed by atoms with E-state index in [-0.39, 0.29) is 26.6 Å². The molecule has 100 valence electrons. The molecule has 0 amide bonds. The molecule has 0 aliphatic heterocycles. The first-order valence-electron chi connectivity index (χ1n) is 4.94. The van der Waals surface area contributed by atoms with Crippen LogP contribution in [0, 0.1) is 0 Å². The van der Waals surface area contributed by atoms with E-state index in [1.165, 1.54) is 18.2 Å². The second-order valence-corrected chi connectivity index (χ2v) is 4.92. The normalized spacial score (nSPS) is 11.6. The largest absolute Gasteiger partial charge is 0.453 e. The monoisotopic (exact) mass is 352 g/mol. The third-order valence-corrected chi connectivity index (χ3v) is 3.19. The van der Waals surface area contributed by atoms with Gasteiger partial charge in [-0.2, -0.15) is 13.2 Å². The van der Waals surface area contributed by atoms with Gasteiger partial charge in [0.2, 0.25) is 0 Å². The van der Waals surface area contributed by atoms with Crippen LogP contribution in [0.3, 0.4) is 0 Å². The summed E-state index contributed by atoms with van der Waals surface area (Å²) < 4.78 is 44.1. The number of furan rings is 1. The number of hydrogen-bond donors (Lipinski definition) is 0. The van der Waals surface area contributed by atoms with Crippen LogP contribution in [-0.2, 0) is 6.18 Å². The van der Waals surface area contributed by atoms with Gasteiger partial charge in [-0.15, -0.1) is 0 Å². The lowest BCUT2D eigenvalue weighted by molar-refractivity contribution is -0.137. The zero-order chi connectivity index (χ0) is 14.2. The number of aldehydes is 1. The molecule has 0 bridgehead atoms. The van der Waals surface area contributed by atoms with Gasteiger partial charge in [-0.25, -0.2) is 0 Å². The van der Waals surface area contributed by atoms with E-state index in [1.807, 2.05) is 0 Å². The molecule has 0 atom stereocenters. The van der Waals surface area contributed by atoms with Crippen molar-refractivity contribution in [2.75, 3.05) is 0 Å². The molecule has 1 aromatic heterocycles. The fraction of sp³-hybridized carbons (Fsp3) is 0.0833. The smallest absolute Gasteiger partial charge is 0.417 e. The average molecular weight is 354 g/mol. The van der Waals surface area contributed by atoms with E-state index < -0.39 is 11.7 Å². The third kappa shape index (κ3) is 2.84. The Morgan fingerprint density at radius 1 is 1.26 bits per heavy atom. The molecule has 2 rings (SSSR count). The van der Waals surface area contributed by atoms with Crippen molar-refractivity contribution >= 4 is 33.8 Å². The molecule has 0 aliphatic rings. The van der Waals surface area contributed by atoms with Crippen LogP contribution in [0.1, 0.15) is 16.1 Å². The van der Waals surface area contributed by atoms with Crippen LogP contribution < -0.4 is 0 Å². The highest BCUT2D eigenvalue weighted by atomic mass is 79.9. The van der Waals surface area contributed by atoms with E-state index in [4.69, 9.17) is 16.0 Å². The van der Waals surface area contributed by atoms with Gasteiger partial charge in [0.15, 0.2) is 12.0 Å². The summed E-state index contributed by atoms with van der Waals surface area (Å²) in [5.74, 6) is -0.108.